The fourth-order valence-electron chi connectivity index (χ4n) is 2.13. The molecule has 0 fully saturated rings. The van der Waals surface area contributed by atoms with E-state index < -0.39 is 5.24 Å². The molecule has 0 radical (unpaired) electrons. The number of thioether (sulfide) groups is 1. The molecule has 0 heterocycles. The minimum Gasteiger partial charge on any atom is -0.379 e. The SMILES string of the molecule is CC(=O)SCCCCCCCCCCCOCCOCC(=O)Cl. The maximum Gasteiger partial charge on any atom is 0.247 e. The fraction of sp³-hybridized carbons (Fsp3) is 0.882. The lowest BCUT2D eigenvalue weighted by atomic mass is 10.1. The third-order valence-electron chi connectivity index (χ3n) is 3.33. The Bertz CT molecular complexity index is 272. The van der Waals surface area contributed by atoms with Crippen molar-refractivity contribution in [2.45, 2.75) is 64.7 Å². The van der Waals surface area contributed by atoms with E-state index in [2.05, 4.69) is 0 Å². The number of halogens is 1. The van der Waals surface area contributed by atoms with Gasteiger partial charge < -0.3 is 9.47 Å². The van der Waals surface area contributed by atoms with Crippen LogP contribution in [0.5, 0.6) is 0 Å². The first-order chi connectivity index (χ1) is 11.1. The molecule has 0 spiro atoms. The summed E-state index contributed by atoms with van der Waals surface area (Å²) in [7, 11) is 0. The van der Waals surface area contributed by atoms with Gasteiger partial charge in [0.1, 0.15) is 6.61 Å². The molecule has 0 bridgehead atoms. The average Bonchev–Trinajstić information content (AvgIpc) is 2.49. The lowest BCUT2D eigenvalue weighted by Gasteiger charge is -2.05. The average molecular weight is 367 g/mol. The molecule has 0 saturated heterocycles. The van der Waals surface area contributed by atoms with Gasteiger partial charge in [-0.1, -0.05) is 56.7 Å². The highest BCUT2D eigenvalue weighted by molar-refractivity contribution is 8.13. The second-order valence-electron chi connectivity index (χ2n) is 5.54. The number of hydrogen-bond acceptors (Lipinski definition) is 5. The third kappa shape index (κ3) is 21.9. The molecule has 0 unspecified atom stereocenters. The second-order valence-corrected chi connectivity index (χ2v) is 7.24. The number of hydrogen-bond donors (Lipinski definition) is 0. The summed E-state index contributed by atoms with van der Waals surface area (Å²) in [6.45, 7) is 3.29. The van der Waals surface area contributed by atoms with E-state index in [9.17, 15) is 9.59 Å². The minimum absolute atomic E-state index is 0.0412. The van der Waals surface area contributed by atoms with Crippen molar-refractivity contribution >= 4 is 33.7 Å². The van der Waals surface area contributed by atoms with E-state index in [0.29, 0.717) is 13.2 Å². The number of carbonyl (C=O) groups excluding carboxylic acids is 2. The topological polar surface area (TPSA) is 52.6 Å². The largest absolute Gasteiger partial charge is 0.379 e. The standard InChI is InChI=1S/C17H31ClO4S/c1-16(19)23-14-10-8-6-4-2-3-5-7-9-11-21-12-13-22-15-17(18)20/h2-15H2,1H3. The van der Waals surface area contributed by atoms with Gasteiger partial charge in [0.05, 0.1) is 13.2 Å². The predicted molar refractivity (Wildman–Crippen MR) is 97.2 cm³/mol. The summed E-state index contributed by atoms with van der Waals surface area (Å²) in [5.74, 6) is 0.975. The van der Waals surface area contributed by atoms with E-state index in [1.807, 2.05) is 0 Å². The zero-order valence-electron chi connectivity index (χ0n) is 14.3. The van der Waals surface area contributed by atoms with Crippen LogP contribution in [0.1, 0.15) is 64.7 Å². The first-order valence-electron chi connectivity index (χ1n) is 8.60. The zero-order chi connectivity index (χ0) is 17.2. The maximum absolute atomic E-state index is 10.7. The number of rotatable bonds is 17. The quantitative estimate of drug-likeness (QED) is 0.278. The minimum atomic E-state index is -0.472. The smallest absolute Gasteiger partial charge is 0.247 e. The van der Waals surface area contributed by atoms with E-state index in [1.165, 1.54) is 56.7 Å². The highest BCUT2D eigenvalue weighted by Crippen LogP contribution is 2.12. The fourth-order valence-corrected chi connectivity index (χ4v) is 2.84. The molecule has 0 saturated carbocycles. The van der Waals surface area contributed by atoms with Crippen LogP contribution in [-0.2, 0) is 19.1 Å². The summed E-state index contributed by atoms with van der Waals surface area (Å²) in [5.41, 5.74) is 0. The van der Waals surface area contributed by atoms with Crippen LogP contribution in [0.3, 0.4) is 0 Å². The summed E-state index contributed by atoms with van der Waals surface area (Å²) in [5, 5.41) is -0.244. The lowest BCUT2D eigenvalue weighted by molar-refractivity contribution is -0.116. The Balaban J connectivity index is 3.00. The van der Waals surface area contributed by atoms with Gasteiger partial charge >= 0.3 is 0 Å². The van der Waals surface area contributed by atoms with E-state index in [4.69, 9.17) is 21.1 Å². The number of ether oxygens (including phenoxy) is 2. The molecule has 0 aromatic carbocycles. The number of unbranched alkanes of at least 4 members (excludes halogenated alkanes) is 8. The van der Waals surface area contributed by atoms with E-state index in [0.717, 1.165) is 25.2 Å². The van der Waals surface area contributed by atoms with Crippen molar-refractivity contribution in [3.8, 4) is 0 Å². The molecule has 0 rings (SSSR count). The Labute approximate surface area is 150 Å². The van der Waals surface area contributed by atoms with Crippen molar-refractivity contribution in [2.24, 2.45) is 0 Å². The van der Waals surface area contributed by atoms with E-state index >= 15 is 0 Å². The molecule has 23 heavy (non-hydrogen) atoms. The molecule has 0 aromatic rings. The van der Waals surface area contributed by atoms with Crippen LogP contribution in [0, 0.1) is 0 Å². The molecule has 0 N–H and O–H groups in total. The predicted octanol–water partition coefficient (Wildman–Crippen LogP) is 4.58. The van der Waals surface area contributed by atoms with Gasteiger partial charge in [0, 0.05) is 19.3 Å². The van der Waals surface area contributed by atoms with Crippen molar-refractivity contribution in [1.29, 1.82) is 0 Å². The molecule has 4 nitrogen and oxygen atoms in total. The van der Waals surface area contributed by atoms with Crippen LogP contribution in [0.15, 0.2) is 0 Å². The highest BCUT2D eigenvalue weighted by Gasteiger charge is 1.97. The van der Waals surface area contributed by atoms with E-state index in [1.54, 1.807) is 6.92 Å². The van der Waals surface area contributed by atoms with Crippen LogP contribution < -0.4 is 0 Å². The van der Waals surface area contributed by atoms with E-state index in [-0.39, 0.29) is 11.7 Å². The van der Waals surface area contributed by atoms with Crippen LogP contribution in [0.2, 0.25) is 0 Å². The van der Waals surface area contributed by atoms with Gasteiger partial charge in [0.2, 0.25) is 5.24 Å². The highest BCUT2D eigenvalue weighted by atomic mass is 35.5. The van der Waals surface area contributed by atoms with Crippen molar-refractivity contribution in [3.05, 3.63) is 0 Å². The third-order valence-corrected chi connectivity index (χ3v) is 4.33. The molecule has 0 aliphatic rings. The Morgan fingerprint density at radius 1 is 0.783 bits per heavy atom. The Morgan fingerprint density at radius 2 is 1.30 bits per heavy atom. The number of carbonyl (C=O) groups is 2. The Morgan fingerprint density at radius 3 is 1.87 bits per heavy atom. The normalized spacial score (nSPS) is 10.9. The van der Waals surface area contributed by atoms with Gasteiger partial charge in [-0.25, -0.2) is 0 Å². The second kappa shape index (κ2) is 18.2. The van der Waals surface area contributed by atoms with Gasteiger partial charge in [-0.15, -0.1) is 0 Å². The summed E-state index contributed by atoms with van der Waals surface area (Å²) in [6, 6.07) is 0. The van der Waals surface area contributed by atoms with Crippen molar-refractivity contribution in [1.82, 2.24) is 0 Å². The molecule has 136 valence electrons. The van der Waals surface area contributed by atoms with Gasteiger partial charge in [0.15, 0.2) is 5.12 Å². The molecule has 6 heteroatoms. The first kappa shape index (κ1) is 22.9. The molecule has 0 aromatic heterocycles. The summed E-state index contributed by atoms with van der Waals surface area (Å²) < 4.78 is 10.4. The summed E-state index contributed by atoms with van der Waals surface area (Å²) in [6.07, 6.45) is 11.1. The van der Waals surface area contributed by atoms with Crippen molar-refractivity contribution in [2.75, 3.05) is 32.2 Å². The van der Waals surface area contributed by atoms with Gasteiger partial charge in [-0.3, -0.25) is 9.59 Å². The van der Waals surface area contributed by atoms with Gasteiger partial charge in [-0.2, -0.15) is 0 Å². The molecular formula is C17H31ClO4S. The van der Waals surface area contributed by atoms with Crippen LogP contribution >= 0.6 is 23.4 Å². The van der Waals surface area contributed by atoms with Crippen molar-refractivity contribution < 1.29 is 19.1 Å². The maximum atomic E-state index is 10.7. The summed E-state index contributed by atoms with van der Waals surface area (Å²) >= 11 is 6.57. The monoisotopic (exact) mass is 366 g/mol. The van der Waals surface area contributed by atoms with Crippen LogP contribution in [-0.4, -0.2) is 42.5 Å². The summed E-state index contributed by atoms with van der Waals surface area (Å²) in [4.78, 5) is 21.1. The van der Waals surface area contributed by atoms with Crippen LogP contribution in [0.4, 0.5) is 0 Å². The zero-order valence-corrected chi connectivity index (χ0v) is 15.9. The van der Waals surface area contributed by atoms with Crippen molar-refractivity contribution in [3.63, 3.8) is 0 Å². The molecular weight excluding hydrogens is 336 g/mol. The van der Waals surface area contributed by atoms with Gasteiger partial charge in [-0.05, 0) is 24.4 Å². The lowest BCUT2D eigenvalue weighted by Crippen LogP contribution is -2.09. The van der Waals surface area contributed by atoms with Gasteiger partial charge in [0.25, 0.3) is 0 Å². The molecule has 0 amide bonds. The molecule has 0 atom stereocenters. The Hall–Kier alpha value is -0.100. The molecule has 0 aliphatic heterocycles. The Kier molecular flexibility index (Phi) is 18.2. The van der Waals surface area contributed by atoms with Crippen LogP contribution in [0.25, 0.3) is 0 Å². The first-order valence-corrected chi connectivity index (χ1v) is 9.96. The molecule has 0 aliphatic carbocycles.